The number of nitrogens with one attached hydrogen (secondary N) is 1. The molecule has 22 heavy (non-hydrogen) atoms. The van der Waals surface area contributed by atoms with E-state index in [9.17, 15) is 17.6 Å². The maximum atomic E-state index is 14.5. The Morgan fingerprint density at radius 2 is 2.09 bits per heavy atom. The first kappa shape index (κ1) is 14.6. The Bertz CT molecular complexity index is 807. The molecule has 1 N–H and O–H groups in total. The summed E-state index contributed by atoms with van der Waals surface area (Å²) in [6, 6.07) is 3.27. The number of hydrogen-bond acceptors (Lipinski definition) is 6. The highest BCUT2D eigenvalue weighted by Gasteiger charge is 2.49. The summed E-state index contributed by atoms with van der Waals surface area (Å²) in [5, 5.41) is 6.24. The van der Waals surface area contributed by atoms with Crippen molar-refractivity contribution in [1.82, 2.24) is 19.7 Å². The molecule has 0 bridgehead atoms. The van der Waals surface area contributed by atoms with Crippen molar-refractivity contribution in [2.24, 2.45) is 0 Å². The number of alkyl halides is 1. The Morgan fingerprint density at radius 1 is 1.36 bits per heavy atom. The number of carbonyl (C=O) groups excluding carboxylic acids is 1. The largest absolute Gasteiger partial charge is 0.292 e. The summed E-state index contributed by atoms with van der Waals surface area (Å²) in [5.41, 5.74) is -1.86. The van der Waals surface area contributed by atoms with Gasteiger partial charge in [0.1, 0.15) is 6.33 Å². The lowest BCUT2D eigenvalue weighted by atomic mass is 10.1. The summed E-state index contributed by atoms with van der Waals surface area (Å²) in [5.74, 6) is -2.17. The van der Waals surface area contributed by atoms with E-state index in [1.54, 1.807) is 12.1 Å². The number of sulfone groups is 1. The van der Waals surface area contributed by atoms with Gasteiger partial charge < -0.3 is 0 Å². The van der Waals surface area contributed by atoms with Crippen LogP contribution in [0.15, 0.2) is 30.9 Å². The average molecular weight is 325 g/mol. The predicted octanol–water partition coefficient (Wildman–Crippen LogP) is 0.128. The highest BCUT2D eigenvalue weighted by molar-refractivity contribution is 7.91. The molecule has 1 aliphatic heterocycles. The monoisotopic (exact) mass is 325 g/mol. The van der Waals surface area contributed by atoms with Crippen molar-refractivity contribution < 1.29 is 17.6 Å². The van der Waals surface area contributed by atoms with E-state index >= 15 is 0 Å². The van der Waals surface area contributed by atoms with E-state index in [-0.39, 0.29) is 18.1 Å². The molecule has 1 unspecified atom stereocenters. The van der Waals surface area contributed by atoms with E-state index in [1.807, 2.05) is 0 Å². The third-order valence-electron chi connectivity index (χ3n) is 3.35. The minimum absolute atomic E-state index is 0.0116. The fourth-order valence-electron chi connectivity index (χ4n) is 2.20. The summed E-state index contributed by atoms with van der Waals surface area (Å²) in [7, 11) is -3.53. The van der Waals surface area contributed by atoms with Gasteiger partial charge in [-0.15, -0.1) is 0 Å². The van der Waals surface area contributed by atoms with E-state index in [0.717, 1.165) is 0 Å². The van der Waals surface area contributed by atoms with Crippen LogP contribution in [-0.4, -0.2) is 51.2 Å². The molecule has 0 spiro atoms. The van der Waals surface area contributed by atoms with Gasteiger partial charge in [-0.05, 0) is 12.1 Å². The third-order valence-corrected chi connectivity index (χ3v) is 5.07. The molecule has 0 radical (unpaired) electrons. The van der Waals surface area contributed by atoms with Gasteiger partial charge in [-0.25, -0.2) is 12.8 Å². The van der Waals surface area contributed by atoms with Crippen LogP contribution in [0, 0.1) is 0 Å². The van der Waals surface area contributed by atoms with Crippen LogP contribution in [0.2, 0.25) is 0 Å². The molecule has 1 fully saturated rings. The molecule has 2 aromatic rings. The molecule has 1 amide bonds. The van der Waals surface area contributed by atoms with Crippen molar-refractivity contribution in [3.63, 3.8) is 0 Å². The van der Waals surface area contributed by atoms with Gasteiger partial charge in [0.15, 0.2) is 9.84 Å². The molecule has 8 nitrogen and oxygen atoms in total. The summed E-state index contributed by atoms with van der Waals surface area (Å²) < 4.78 is 38.5. The topological polar surface area (TPSA) is 107 Å². The van der Waals surface area contributed by atoms with Crippen LogP contribution in [0.3, 0.4) is 0 Å². The summed E-state index contributed by atoms with van der Waals surface area (Å²) in [6.45, 7) is 0. The first-order valence-electron chi connectivity index (χ1n) is 6.41. The second kappa shape index (κ2) is 5.13. The lowest BCUT2D eigenvalue weighted by Crippen LogP contribution is -2.40. The zero-order valence-electron chi connectivity index (χ0n) is 11.3. The average Bonchev–Trinajstić information content (AvgIpc) is 3.05. The number of rotatable bonds is 3. The number of pyridine rings is 1. The van der Waals surface area contributed by atoms with E-state index in [2.05, 4.69) is 20.4 Å². The van der Waals surface area contributed by atoms with Crippen molar-refractivity contribution in [1.29, 1.82) is 0 Å². The first-order chi connectivity index (χ1) is 10.4. The number of aromatic nitrogens is 4. The van der Waals surface area contributed by atoms with Gasteiger partial charge in [-0.1, -0.05) is 0 Å². The number of amides is 1. The zero-order valence-corrected chi connectivity index (χ0v) is 12.1. The molecule has 10 heteroatoms. The number of nitrogens with zero attached hydrogens (tertiary/aromatic N) is 4. The van der Waals surface area contributed by atoms with E-state index in [4.69, 9.17) is 0 Å². The van der Waals surface area contributed by atoms with E-state index in [0.29, 0.717) is 5.69 Å². The molecule has 1 saturated heterocycles. The van der Waals surface area contributed by atoms with Crippen LogP contribution in [0.5, 0.6) is 0 Å². The molecular weight excluding hydrogens is 313 g/mol. The highest BCUT2D eigenvalue weighted by atomic mass is 32.2. The standard InChI is InChI=1S/C12H12FN5O3S/c13-12(3-6-22(20,21)7-12)10(19)17-11-15-8-16-18(11)9-1-4-14-5-2-9/h1-2,4-5,8H,3,6-7H2,(H,15,16,17,19). The minimum atomic E-state index is -3.53. The van der Waals surface area contributed by atoms with E-state index in [1.165, 1.54) is 23.4 Å². The van der Waals surface area contributed by atoms with Gasteiger partial charge in [-0.2, -0.15) is 14.8 Å². The first-order valence-corrected chi connectivity index (χ1v) is 8.23. The van der Waals surface area contributed by atoms with Crippen LogP contribution >= 0.6 is 0 Å². The van der Waals surface area contributed by atoms with Gasteiger partial charge in [0, 0.05) is 18.8 Å². The second-order valence-corrected chi connectivity index (χ2v) is 7.15. The van der Waals surface area contributed by atoms with Crippen molar-refractivity contribution in [2.45, 2.75) is 12.1 Å². The Hall–Kier alpha value is -2.36. The van der Waals surface area contributed by atoms with Crippen LogP contribution in [0.4, 0.5) is 10.3 Å². The normalized spacial score (nSPS) is 23.3. The van der Waals surface area contributed by atoms with Crippen LogP contribution in [-0.2, 0) is 14.6 Å². The summed E-state index contributed by atoms with van der Waals surface area (Å²) in [4.78, 5) is 19.8. The zero-order chi connectivity index (χ0) is 15.8. The van der Waals surface area contributed by atoms with Crippen molar-refractivity contribution in [3.8, 4) is 5.69 Å². The molecule has 1 aliphatic rings. The van der Waals surface area contributed by atoms with Crippen molar-refractivity contribution >= 4 is 21.7 Å². The fraction of sp³-hybridized carbons (Fsp3) is 0.333. The van der Waals surface area contributed by atoms with Gasteiger partial charge >= 0.3 is 0 Å². The maximum absolute atomic E-state index is 14.5. The Labute approximate surface area is 125 Å². The smallest absolute Gasteiger partial charge is 0.265 e. The van der Waals surface area contributed by atoms with Crippen molar-refractivity contribution in [2.75, 3.05) is 16.8 Å². The molecule has 0 saturated carbocycles. The van der Waals surface area contributed by atoms with Gasteiger partial charge in [0.05, 0.1) is 17.2 Å². The SMILES string of the molecule is O=C(Nc1ncnn1-c1ccncc1)C1(F)CCS(=O)(=O)C1. The summed E-state index contributed by atoms with van der Waals surface area (Å²) in [6.07, 6.45) is 3.91. The Morgan fingerprint density at radius 3 is 2.73 bits per heavy atom. The molecule has 2 aromatic heterocycles. The maximum Gasteiger partial charge on any atom is 0.265 e. The van der Waals surface area contributed by atoms with Crippen LogP contribution in [0.25, 0.3) is 5.69 Å². The number of hydrogen-bond donors (Lipinski definition) is 1. The molecule has 1 atom stereocenters. The lowest BCUT2D eigenvalue weighted by Gasteiger charge is -2.16. The van der Waals surface area contributed by atoms with Gasteiger partial charge in [0.25, 0.3) is 5.91 Å². The third kappa shape index (κ3) is 2.69. The summed E-state index contributed by atoms with van der Waals surface area (Å²) >= 11 is 0. The molecular formula is C12H12FN5O3S. The van der Waals surface area contributed by atoms with Gasteiger partial charge in [0.2, 0.25) is 11.6 Å². The number of carbonyl (C=O) groups is 1. The van der Waals surface area contributed by atoms with E-state index < -0.39 is 27.2 Å². The highest BCUT2D eigenvalue weighted by Crippen LogP contribution is 2.29. The molecule has 3 rings (SSSR count). The quantitative estimate of drug-likeness (QED) is 0.859. The molecule has 116 valence electrons. The molecule has 0 aliphatic carbocycles. The fourth-order valence-corrected chi connectivity index (χ4v) is 3.96. The van der Waals surface area contributed by atoms with Crippen LogP contribution < -0.4 is 5.32 Å². The molecule has 0 aromatic carbocycles. The Kier molecular flexibility index (Phi) is 3.39. The Balaban J connectivity index is 1.83. The second-order valence-electron chi connectivity index (χ2n) is 4.96. The van der Waals surface area contributed by atoms with Crippen LogP contribution in [0.1, 0.15) is 6.42 Å². The number of halogens is 1. The minimum Gasteiger partial charge on any atom is -0.292 e. The predicted molar refractivity (Wildman–Crippen MR) is 74.9 cm³/mol. The molecule has 3 heterocycles. The number of anilines is 1. The van der Waals surface area contributed by atoms with Gasteiger partial charge in [-0.3, -0.25) is 15.1 Å². The lowest BCUT2D eigenvalue weighted by molar-refractivity contribution is -0.125. The van der Waals surface area contributed by atoms with Crippen molar-refractivity contribution in [3.05, 3.63) is 30.9 Å².